The molecule has 2 aromatic rings. The highest BCUT2D eigenvalue weighted by atomic mass is 16.4. The van der Waals surface area contributed by atoms with E-state index in [1.54, 1.807) is 6.20 Å². The quantitative estimate of drug-likeness (QED) is 0.732. The third-order valence-electron chi connectivity index (χ3n) is 8.90. The molecule has 1 amide bonds. The highest BCUT2D eigenvalue weighted by Crippen LogP contribution is 2.61. The first-order valence-electron chi connectivity index (χ1n) is 12.1. The van der Waals surface area contributed by atoms with Crippen LogP contribution in [0, 0.1) is 29.1 Å². The second kappa shape index (κ2) is 7.82. The summed E-state index contributed by atoms with van der Waals surface area (Å²) in [4.78, 5) is 26.8. The normalized spacial score (nSPS) is 28.9. The largest absolute Gasteiger partial charge is 0.478 e. The van der Waals surface area contributed by atoms with Crippen LogP contribution in [0.25, 0.3) is 10.9 Å². The zero-order valence-electron chi connectivity index (χ0n) is 19.4. The van der Waals surface area contributed by atoms with Gasteiger partial charge in [-0.3, -0.25) is 4.79 Å². The molecule has 6 heteroatoms. The molecule has 4 fully saturated rings. The van der Waals surface area contributed by atoms with Gasteiger partial charge in [0, 0.05) is 44.0 Å². The number of nitrogens with one attached hydrogen (secondary N) is 1. The summed E-state index contributed by atoms with van der Waals surface area (Å²) in [5.41, 5.74) is 2.74. The van der Waals surface area contributed by atoms with Gasteiger partial charge in [0.15, 0.2) is 0 Å². The molecule has 3 aliphatic carbocycles. The summed E-state index contributed by atoms with van der Waals surface area (Å²) in [6.45, 7) is 7.27. The minimum absolute atomic E-state index is 0.00757. The van der Waals surface area contributed by atoms with Crippen molar-refractivity contribution in [1.29, 1.82) is 0 Å². The van der Waals surface area contributed by atoms with Crippen molar-refractivity contribution in [2.24, 2.45) is 36.1 Å². The molecule has 6 nitrogen and oxygen atoms in total. The van der Waals surface area contributed by atoms with Gasteiger partial charge in [0.25, 0.3) is 0 Å². The molecule has 4 aliphatic rings. The number of aromatic nitrogens is 1. The molecule has 172 valence electrons. The zero-order valence-corrected chi connectivity index (χ0v) is 19.4. The van der Waals surface area contributed by atoms with Crippen LogP contribution in [0.4, 0.5) is 5.69 Å². The Hall–Kier alpha value is -2.50. The lowest BCUT2D eigenvalue weighted by atomic mass is 9.45. The van der Waals surface area contributed by atoms with Crippen molar-refractivity contribution >= 4 is 28.5 Å². The maximum atomic E-state index is 13.0. The summed E-state index contributed by atoms with van der Waals surface area (Å²) in [6.07, 6.45) is 7.50. The predicted molar refractivity (Wildman–Crippen MR) is 126 cm³/mol. The number of fused-ring (bicyclic) bond motifs is 3. The van der Waals surface area contributed by atoms with Gasteiger partial charge in [-0.15, -0.1) is 0 Å². The lowest BCUT2D eigenvalue weighted by Gasteiger charge is -2.60. The van der Waals surface area contributed by atoms with Crippen LogP contribution in [0.5, 0.6) is 0 Å². The van der Waals surface area contributed by atoms with Gasteiger partial charge < -0.3 is 19.9 Å². The topological polar surface area (TPSA) is 74.6 Å². The first-order valence-corrected chi connectivity index (χ1v) is 12.1. The summed E-state index contributed by atoms with van der Waals surface area (Å²) < 4.78 is 1.87. The van der Waals surface area contributed by atoms with Gasteiger partial charge >= 0.3 is 5.97 Å². The molecule has 2 heterocycles. The van der Waals surface area contributed by atoms with Gasteiger partial charge in [-0.2, -0.15) is 0 Å². The Balaban J connectivity index is 1.24. The van der Waals surface area contributed by atoms with E-state index in [2.05, 4.69) is 30.1 Å². The second-order valence-electron chi connectivity index (χ2n) is 10.9. The van der Waals surface area contributed by atoms with Crippen LogP contribution < -0.4 is 10.2 Å². The van der Waals surface area contributed by atoms with Gasteiger partial charge in [-0.05, 0) is 73.5 Å². The van der Waals surface area contributed by atoms with Gasteiger partial charge in [0.1, 0.15) is 0 Å². The van der Waals surface area contributed by atoms with E-state index in [9.17, 15) is 14.7 Å². The molecule has 4 atom stereocenters. The Morgan fingerprint density at radius 1 is 1.22 bits per heavy atom. The number of nitrogens with zero attached hydrogens (tertiary/aromatic N) is 2. The molecule has 2 bridgehead atoms. The fourth-order valence-electron chi connectivity index (χ4n) is 6.75. The van der Waals surface area contributed by atoms with Crippen LogP contribution in [0.1, 0.15) is 56.3 Å². The molecule has 0 unspecified atom stereocenters. The van der Waals surface area contributed by atoms with Crippen molar-refractivity contribution in [3.63, 3.8) is 0 Å². The van der Waals surface area contributed by atoms with Gasteiger partial charge in [0.05, 0.1) is 17.0 Å². The number of carbonyl (C=O) groups is 2. The standard InChI is InChI=1S/C26H35N3O3/c1-26(2)18-7-6-16(22(26)11-18)13-27-24(30)17-5-4-10-29(14-17)19-8-9-20-21(25(31)32)15-28(3)23(20)12-19/h8-9,12,15-18,22H,4-7,10-11,13-14H2,1-3H3,(H,27,30)(H,31,32)/t16-,17+,18-,22+/m0/s1. The summed E-state index contributed by atoms with van der Waals surface area (Å²) in [5.74, 6) is 1.57. The molecular formula is C26H35N3O3. The molecule has 0 spiro atoms. The number of amides is 1. The van der Waals surface area contributed by atoms with E-state index in [0.717, 1.165) is 60.9 Å². The lowest BCUT2D eigenvalue weighted by molar-refractivity contribution is -0.128. The molecule has 0 radical (unpaired) electrons. The minimum atomic E-state index is -0.906. The summed E-state index contributed by atoms with van der Waals surface area (Å²) in [6, 6.07) is 5.94. The van der Waals surface area contributed by atoms with Crippen molar-refractivity contribution in [3.8, 4) is 0 Å². The van der Waals surface area contributed by atoms with Crippen molar-refractivity contribution in [3.05, 3.63) is 30.0 Å². The number of carboxylic acids is 1. The first kappa shape index (κ1) is 21.4. The lowest BCUT2D eigenvalue weighted by Crippen LogP contribution is -2.55. The van der Waals surface area contributed by atoms with Crippen LogP contribution in [-0.4, -0.2) is 41.2 Å². The zero-order chi connectivity index (χ0) is 22.6. The smallest absolute Gasteiger partial charge is 0.337 e. The van der Waals surface area contributed by atoms with E-state index in [4.69, 9.17) is 0 Å². The van der Waals surface area contributed by atoms with E-state index in [1.807, 2.05) is 23.7 Å². The molecule has 32 heavy (non-hydrogen) atoms. The van der Waals surface area contributed by atoms with E-state index >= 15 is 0 Å². The Bertz CT molecular complexity index is 1050. The predicted octanol–water partition coefficient (Wildman–Crippen LogP) is 4.28. The van der Waals surface area contributed by atoms with Crippen LogP contribution >= 0.6 is 0 Å². The average Bonchev–Trinajstić information content (AvgIpc) is 3.13. The number of piperidine rings is 1. The van der Waals surface area contributed by atoms with Crippen LogP contribution in [0.3, 0.4) is 0 Å². The Morgan fingerprint density at radius 3 is 2.75 bits per heavy atom. The van der Waals surface area contributed by atoms with Crippen LogP contribution in [0.2, 0.25) is 0 Å². The SMILES string of the molecule is Cn1cc(C(=O)O)c2ccc(N3CCC[C@@H](C(=O)NC[C@@H]4CC[C@H]5C[C@H]4C5(C)C)C3)cc21. The highest BCUT2D eigenvalue weighted by Gasteiger charge is 2.54. The van der Waals surface area contributed by atoms with Crippen molar-refractivity contribution in [2.45, 2.75) is 46.0 Å². The Labute approximate surface area is 190 Å². The molecule has 6 rings (SSSR count). The van der Waals surface area contributed by atoms with Gasteiger partial charge in [-0.1, -0.05) is 13.8 Å². The third-order valence-corrected chi connectivity index (χ3v) is 8.90. The minimum Gasteiger partial charge on any atom is -0.478 e. The summed E-state index contributed by atoms with van der Waals surface area (Å²) in [7, 11) is 1.88. The number of carbonyl (C=O) groups excluding carboxylic acids is 1. The molecule has 2 N–H and O–H groups in total. The number of aromatic carboxylic acids is 1. The highest BCUT2D eigenvalue weighted by molar-refractivity contribution is 6.04. The summed E-state index contributed by atoms with van der Waals surface area (Å²) >= 11 is 0. The Morgan fingerprint density at radius 2 is 2.03 bits per heavy atom. The number of carboxylic acid groups (broad SMARTS) is 1. The van der Waals surface area contributed by atoms with Crippen LogP contribution in [0.15, 0.2) is 24.4 Å². The molecule has 1 aromatic carbocycles. The number of benzene rings is 1. The van der Waals surface area contributed by atoms with Gasteiger partial charge in [-0.25, -0.2) is 4.79 Å². The molecule has 1 aromatic heterocycles. The van der Waals surface area contributed by atoms with Crippen molar-refractivity contribution < 1.29 is 14.7 Å². The van der Waals surface area contributed by atoms with Crippen LogP contribution in [-0.2, 0) is 11.8 Å². The fourth-order valence-corrected chi connectivity index (χ4v) is 6.75. The Kier molecular flexibility index (Phi) is 5.22. The first-order chi connectivity index (χ1) is 15.3. The van der Waals surface area contributed by atoms with Crippen molar-refractivity contribution in [1.82, 2.24) is 9.88 Å². The maximum Gasteiger partial charge on any atom is 0.337 e. The monoisotopic (exact) mass is 437 g/mol. The number of anilines is 1. The summed E-state index contributed by atoms with van der Waals surface area (Å²) in [5, 5.41) is 13.5. The average molecular weight is 438 g/mol. The third kappa shape index (κ3) is 3.48. The van der Waals surface area contributed by atoms with E-state index in [-0.39, 0.29) is 11.8 Å². The maximum absolute atomic E-state index is 13.0. The molecular weight excluding hydrogens is 402 g/mol. The number of hydrogen-bond acceptors (Lipinski definition) is 3. The van der Waals surface area contributed by atoms with E-state index in [1.165, 1.54) is 19.3 Å². The number of rotatable bonds is 5. The van der Waals surface area contributed by atoms with E-state index < -0.39 is 5.97 Å². The van der Waals surface area contributed by atoms with E-state index in [0.29, 0.717) is 16.9 Å². The molecule has 3 saturated carbocycles. The van der Waals surface area contributed by atoms with Gasteiger partial charge in [0.2, 0.25) is 5.91 Å². The number of hydrogen-bond donors (Lipinski definition) is 2. The van der Waals surface area contributed by atoms with Crippen molar-refractivity contribution in [2.75, 3.05) is 24.5 Å². The molecule has 1 saturated heterocycles. The molecule has 1 aliphatic heterocycles. The fraction of sp³-hybridized carbons (Fsp3) is 0.615. The second-order valence-corrected chi connectivity index (χ2v) is 10.9. The number of aryl methyl sites for hydroxylation is 1.